The summed E-state index contributed by atoms with van der Waals surface area (Å²) in [6, 6.07) is 4.64. The minimum absolute atomic E-state index is 0.0623. The second-order valence-corrected chi connectivity index (χ2v) is 16.4. The van der Waals surface area contributed by atoms with E-state index < -0.39 is 76.6 Å². The van der Waals surface area contributed by atoms with Gasteiger partial charge in [0.1, 0.15) is 30.3 Å². The fourth-order valence-corrected chi connectivity index (χ4v) is 6.93. The first-order valence-corrected chi connectivity index (χ1v) is 16.9. The molecule has 2 saturated carbocycles. The number of carbonyl (C=O) groups excluding carboxylic acids is 6. The van der Waals surface area contributed by atoms with E-state index in [0.717, 1.165) is 18.4 Å². The molecule has 12 nitrogen and oxygen atoms in total. The molecule has 0 spiro atoms. The lowest BCUT2D eigenvalue weighted by Gasteiger charge is -2.38. The van der Waals surface area contributed by atoms with Gasteiger partial charge >= 0.3 is 12.0 Å². The standard InChI is InChI=1S/C36H53N5O7/c1-19(20-14-12-11-13-15-20)48-32(46)28(35(5,6)7)40-33(47)39-27(34(2,3)4)31(45)41-18-22-23(36(22,8)9)25(41)29(43)38-24(21-16-17-21)26(42)30(44)37-10/h11-15,19,21-25,27-28H,16-18H2,1-10H3,(H,37,44)(H,38,43)(H2,39,40,47)/t19-,22+,23+,24?,25+,27-,28-/m1/s1. The number of likely N-dealkylation sites (N-methyl/N-ethyl adjacent to an activating group) is 1. The Kier molecular flexibility index (Phi) is 10.4. The lowest BCUT2D eigenvalue weighted by atomic mass is 9.85. The van der Waals surface area contributed by atoms with Crippen LogP contribution >= 0.6 is 0 Å². The van der Waals surface area contributed by atoms with Gasteiger partial charge in [-0.05, 0) is 59.3 Å². The zero-order valence-corrected chi connectivity index (χ0v) is 29.9. The molecule has 3 aliphatic rings. The average molecular weight is 668 g/mol. The number of urea groups is 1. The third-order valence-corrected chi connectivity index (χ3v) is 10.2. The molecule has 0 bridgehead atoms. The van der Waals surface area contributed by atoms with E-state index >= 15 is 0 Å². The number of Topliss-reactive ketones (excluding diaryl/α,β-unsaturated/α-hetero) is 1. The number of ketones is 1. The molecular formula is C36H53N5O7. The molecule has 1 aromatic rings. The summed E-state index contributed by atoms with van der Waals surface area (Å²) in [6.07, 6.45) is 0.896. The van der Waals surface area contributed by atoms with Crippen LogP contribution in [0.3, 0.4) is 0 Å². The molecule has 1 heterocycles. The minimum Gasteiger partial charge on any atom is -0.456 e. The van der Waals surface area contributed by atoms with Gasteiger partial charge in [-0.3, -0.25) is 19.2 Å². The average Bonchev–Trinajstić information content (AvgIpc) is 3.88. The van der Waals surface area contributed by atoms with Gasteiger partial charge in [-0.1, -0.05) is 85.7 Å². The Hall–Kier alpha value is -3.96. The van der Waals surface area contributed by atoms with Crippen molar-refractivity contribution in [3.63, 3.8) is 0 Å². The molecule has 48 heavy (non-hydrogen) atoms. The molecule has 1 saturated heterocycles. The number of piperidine rings is 1. The summed E-state index contributed by atoms with van der Waals surface area (Å²) in [6.45, 7) is 17.0. The number of nitrogens with one attached hydrogen (secondary N) is 4. The van der Waals surface area contributed by atoms with E-state index in [1.165, 1.54) is 11.9 Å². The fourth-order valence-electron chi connectivity index (χ4n) is 6.93. The number of benzene rings is 1. The Morgan fingerprint density at radius 3 is 1.96 bits per heavy atom. The van der Waals surface area contributed by atoms with Gasteiger partial charge < -0.3 is 30.9 Å². The number of carbonyl (C=O) groups is 6. The molecule has 4 rings (SSSR count). The highest BCUT2D eigenvalue weighted by Crippen LogP contribution is 2.65. The summed E-state index contributed by atoms with van der Waals surface area (Å²) in [5.41, 5.74) is -0.879. The number of hydrogen-bond donors (Lipinski definition) is 4. The third-order valence-electron chi connectivity index (χ3n) is 10.2. The van der Waals surface area contributed by atoms with Gasteiger partial charge in [0.25, 0.3) is 5.91 Å². The highest BCUT2D eigenvalue weighted by atomic mass is 16.5. The summed E-state index contributed by atoms with van der Waals surface area (Å²) in [4.78, 5) is 81.7. The third kappa shape index (κ3) is 7.84. The van der Waals surface area contributed by atoms with Crippen molar-refractivity contribution < 1.29 is 33.5 Å². The van der Waals surface area contributed by atoms with Gasteiger partial charge in [-0.25, -0.2) is 9.59 Å². The van der Waals surface area contributed by atoms with Crippen molar-refractivity contribution in [3.05, 3.63) is 35.9 Å². The molecule has 1 aromatic carbocycles. The predicted molar refractivity (Wildman–Crippen MR) is 179 cm³/mol. The smallest absolute Gasteiger partial charge is 0.329 e. The van der Waals surface area contributed by atoms with Crippen LogP contribution in [0.25, 0.3) is 0 Å². The van der Waals surface area contributed by atoms with Gasteiger partial charge in [0, 0.05) is 13.6 Å². The normalized spacial score (nSPS) is 23.8. The van der Waals surface area contributed by atoms with Crippen molar-refractivity contribution in [2.75, 3.05) is 13.6 Å². The summed E-state index contributed by atoms with van der Waals surface area (Å²) in [5, 5.41) is 10.7. The SMILES string of the molecule is CNC(=O)C(=O)C(NC(=O)[C@@H]1[C@@H]2[C@H](CN1C(=O)[C@@H](NC(=O)N[C@H](C(=O)O[C@H](C)c1ccccc1)C(C)(C)C)C(C)(C)C)C2(C)C)C1CC1. The van der Waals surface area contributed by atoms with Gasteiger partial charge in [-0.15, -0.1) is 0 Å². The van der Waals surface area contributed by atoms with Crippen LogP contribution in [0.4, 0.5) is 4.79 Å². The van der Waals surface area contributed by atoms with E-state index in [1.807, 2.05) is 71.9 Å². The van der Waals surface area contributed by atoms with Crippen LogP contribution in [-0.4, -0.2) is 78.2 Å². The number of esters is 1. The van der Waals surface area contributed by atoms with Crippen molar-refractivity contribution in [2.24, 2.45) is 34.0 Å². The minimum atomic E-state index is -1.06. The summed E-state index contributed by atoms with van der Waals surface area (Å²) in [7, 11) is 1.37. The maximum absolute atomic E-state index is 14.3. The van der Waals surface area contributed by atoms with Crippen LogP contribution in [0.2, 0.25) is 0 Å². The molecule has 1 aliphatic heterocycles. The van der Waals surface area contributed by atoms with Gasteiger partial charge in [-0.2, -0.15) is 0 Å². The summed E-state index contributed by atoms with van der Waals surface area (Å²) in [5.74, 6) is -3.20. The Bertz CT molecular complexity index is 1430. The molecular weight excluding hydrogens is 614 g/mol. The van der Waals surface area contributed by atoms with Crippen molar-refractivity contribution in [1.29, 1.82) is 0 Å². The quantitative estimate of drug-likeness (QED) is 0.208. The second kappa shape index (κ2) is 13.5. The molecule has 0 aromatic heterocycles. The first-order valence-electron chi connectivity index (χ1n) is 16.9. The van der Waals surface area contributed by atoms with Crippen LogP contribution < -0.4 is 21.3 Å². The monoisotopic (exact) mass is 667 g/mol. The van der Waals surface area contributed by atoms with E-state index in [-0.39, 0.29) is 23.2 Å². The van der Waals surface area contributed by atoms with E-state index in [0.29, 0.717) is 6.54 Å². The molecule has 4 N–H and O–H groups in total. The summed E-state index contributed by atoms with van der Waals surface area (Å²) >= 11 is 0. The summed E-state index contributed by atoms with van der Waals surface area (Å²) < 4.78 is 5.74. The maximum atomic E-state index is 14.3. The van der Waals surface area contributed by atoms with Crippen molar-refractivity contribution in [1.82, 2.24) is 26.2 Å². The second-order valence-electron chi connectivity index (χ2n) is 16.4. The predicted octanol–water partition coefficient (Wildman–Crippen LogP) is 3.11. The van der Waals surface area contributed by atoms with E-state index in [9.17, 15) is 28.8 Å². The van der Waals surface area contributed by atoms with Crippen molar-refractivity contribution in [2.45, 2.75) is 105 Å². The Balaban J connectivity index is 1.51. The molecule has 12 heteroatoms. The number of rotatable bonds is 11. The van der Waals surface area contributed by atoms with Crippen molar-refractivity contribution in [3.8, 4) is 0 Å². The largest absolute Gasteiger partial charge is 0.456 e. The zero-order valence-electron chi connectivity index (χ0n) is 29.9. The Morgan fingerprint density at radius 2 is 1.44 bits per heavy atom. The Morgan fingerprint density at radius 1 is 0.875 bits per heavy atom. The molecule has 3 fully saturated rings. The first kappa shape index (κ1) is 36.9. The van der Waals surface area contributed by atoms with Gasteiger partial charge in [0.2, 0.25) is 17.6 Å². The van der Waals surface area contributed by atoms with E-state index in [2.05, 4.69) is 35.1 Å². The molecule has 264 valence electrons. The van der Waals surface area contributed by atoms with Gasteiger partial charge in [0.15, 0.2) is 0 Å². The lowest BCUT2D eigenvalue weighted by molar-refractivity contribution is -0.153. The van der Waals surface area contributed by atoms with Crippen LogP contribution in [-0.2, 0) is 28.7 Å². The fraction of sp³-hybridized carbons (Fsp3) is 0.667. The van der Waals surface area contributed by atoms with E-state index in [4.69, 9.17) is 4.74 Å². The van der Waals surface area contributed by atoms with E-state index in [1.54, 1.807) is 6.92 Å². The van der Waals surface area contributed by atoms with Crippen molar-refractivity contribution >= 4 is 35.5 Å². The molecule has 2 aliphatic carbocycles. The van der Waals surface area contributed by atoms with Crippen LogP contribution in [0.1, 0.15) is 86.8 Å². The molecule has 7 atom stereocenters. The molecule has 0 radical (unpaired) electrons. The maximum Gasteiger partial charge on any atom is 0.329 e. The van der Waals surface area contributed by atoms with Crippen LogP contribution in [0.5, 0.6) is 0 Å². The van der Waals surface area contributed by atoms with Crippen LogP contribution in [0.15, 0.2) is 30.3 Å². The first-order chi connectivity index (χ1) is 22.2. The Labute approximate surface area is 283 Å². The highest BCUT2D eigenvalue weighted by Gasteiger charge is 2.70. The molecule has 5 amide bonds. The number of likely N-dealkylation sites (tertiary alicyclic amines) is 1. The van der Waals surface area contributed by atoms with Gasteiger partial charge in [0.05, 0.1) is 0 Å². The number of nitrogens with zero attached hydrogens (tertiary/aromatic N) is 1. The number of fused-ring (bicyclic) bond motifs is 1. The lowest BCUT2D eigenvalue weighted by Crippen LogP contribution is -2.63. The highest BCUT2D eigenvalue weighted by molar-refractivity contribution is 6.38. The zero-order chi connectivity index (χ0) is 35.9. The topological polar surface area (TPSA) is 163 Å². The number of amides is 5. The number of ether oxygens (including phenoxy) is 1. The molecule has 1 unspecified atom stereocenters. The van der Waals surface area contributed by atoms with Crippen LogP contribution in [0, 0.1) is 34.0 Å². The number of hydrogen-bond acceptors (Lipinski definition) is 7.